The topological polar surface area (TPSA) is 124 Å². The molecule has 1 aromatic carbocycles. The lowest BCUT2D eigenvalue weighted by Gasteiger charge is -2.36. The number of anilines is 1. The van der Waals surface area contributed by atoms with Gasteiger partial charge in [-0.2, -0.15) is 5.26 Å². The van der Waals surface area contributed by atoms with E-state index in [-0.39, 0.29) is 40.6 Å². The molecule has 10 nitrogen and oxygen atoms in total. The first-order valence-electron chi connectivity index (χ1n) is 13.4. The zero-order valence-electron chi connectivity index (χ0n) is 23.5. The molecule has 1 unspecified atom stereocenters. The Kier molecular flexibility index (Phi) is 8.94. The van der Waals surface area contributed by atoms with Crippen LogP contribution in [0.5, 0.6) is 0 Å². The van der Waals surface area contributed by atoms with Gasteiger partial charge in [0.2, 0.25) is 0 Å². The first-order valence-corrected chi connectivity index (χ1v) is 15.6. The Bertz CT molecular complexity index is 1490. The number of carbonyl (C=O) groups excluding carboxylic acids is 2. The van der Waals surface area contributed by atoms with Crippen LogP contribution in [0.3, 0.4) is 0 Å². The summed E-state index contributed by atoms with van der Waals surface area (Å²) in [7, 11) is -3.18. The lowest BCUT2D eigenvalue weighted by molar-refractivity contribution is 0.0240. The maximum Gasteiger partial charge on any atom is 0.410 e. The highest BCUT2D eigenvalue weighted by Crippen LogP contribution is 2.30. The maximum atomic E-state index is 13.4. The Hall–Kier alpha value is -3.62. The number of nitriles is 1. The van der Waals surface area contributed by atoms with Crippen molar-refractivity contribution in [3.05, 3.63) is 59.3 Å². The third kappa shape index (κ3) is 7.18. The quantitative estimate of drug-likeness (QED) is 0.454. The van der Waals surface area contributed by atoms with Crippen molar-refractivity contribution in [2.24, 2.45) is 0 Å². The molecule has 0 N–H and O–H groups in total. The van der Waals surface area contributed by atoms with Crippen molar-refractivity contribution in [1.82, 2.24) is 14.8 Å². The lowest BCUT2D eigenvalue weighted by atomic mass is 10.0. The van der Waals surface area contributed by atoms with E-state index in [1.165, 1.54) is 4.90 Å². The number of halogens is 1. The van der Waals surface area contributed by atoms with Crippen molar-refractivity contribution < 1.29 is 22.7 Å². The summed E-state index contributed by atoms with van der Waals surface area (Å²) in [6.07, 6.45) is 3.24. The number of pyridine rings is 1. The summed E-state index contributed by atoms with van der Waals surface area (Å²) in [4.78, 5) is 35.4. The number of hydrogen-bond acceptors (Lipinski definition) is 8. The van der Waals surface area contributed by atoms with Gasteiger partial charge < -0.3 is 19.4 Å². The predicted molar refractivity (Wildman–Crippen MR) is 158 cm³/mol. The molecule has 0 saturated carbocycles. The van der Waals surface area contributed by atoms with Gasteiger partial charge in [-0.25, -0.2) is 18.2 Å². The predicted octanol–water partition coefficient (Wildman–Crippen LogP) is 4.15. The van der Waals surface area contributed by atoms with Gasteiger partial charge in [-0.15, -0.1) is 6.58 Å². The van der Waals surface area contributed by atoms with Gasteiger partial charge in [0.05, 0.1) is 27.7 Å². The number of amides is 2. The monoisotopic (exact) mass is 599 g/mol. The largest absolute Gasteiger partial charge is 0.444 e. The molecule has 2 aliphatic heterocycles. The van der Waals surface area contributed by atoms with E-state index in [0.29, 0.717) is 55.1 Å². The number of rotatable bonds is 6. The fourth-order valence-corrected chi connectivity index (χ4v) is 6.95. The molecule has 41 heavy (non-hydrogen) atoms. The van der Waals surface area contributed by atoms with Gasteiger partial charge >= 0.3 is 6.09 Å². The van der Waals surface area contributed by atoms with Crippen molar-refractivity contribution >= 4 is 39.3 Å². The van der Waals surface area contributed by atoms with Crippen LogP contribution in [-0.4, -0.2) is 91.1 Å². The fraction of sp³-hybridized carbons (Fsp3) is 0.448. The molecule has 1 aromatic heterocycles. The van der Waals surface area contributed by atoms with E-state index in [1.54, 1.807) is 41.4 Å². The van der Waals surface area contributed by atoms with Crippen LogP contribution >= 0.6 is 11.6 Å². The smallest absolute Gasteiger partial charge is 0.410 e. The van der Waals surface area contributed by atoms with E-state index in [9.17, 15) is 23.3 Å². The van der Waals surface area contributed by atoms with Crippen molar-refractivity contribution in [2.75, 3.05) is 49.1 Å². The molecule has 2 amide bonds. The number of piperazine rings is 1. The average molecular weight is 600 g/mol. The molecule has 12 heteroatoms. The van der Waals surface area contributed by atoms with Crippen molar-refractivity contribution in [3.63, 3.8) is 0 Å². The van der Waals surface area contributed by atoms with Crippen molar-refractivity contribution in [2.45, 2.75) is 38.8 Å². The van der Waals surface area contributed by atoms with E-state index in [0.717, 1.165) is 0 Å². The van der Waals surface area contributed by atoms with Gasteiger partial charge in [0.1, 0.15) is 17.5 Å². The van der Waals surface area contributed by atoms with Crippen LogP contribution in [-0.2, 0) is 14.6 Å². The summed E-state index contributed by atoms with van der Waals surface area (Å²) in [5.74, 6) is 0.146. The van der Waals surface area contributed by atoms with Crippen LogP contribution in [0, 0.1) is 11.3 Å². The van der Waals surface area contributed by atoms with Crippen LogP contribution in [0.1, 0.15) is 43.1 Å². The minimum atomic E-state index is -3.18. The molecule has 0 radical (unpaired) electrons. The summed E-state index contributed by atoms with van der Waals surface area (Å²) < 4.78 is 29.5. The zero-order valence-corrected chi connectivity index (χ0v) is 25.0. The van der Waals surface area contributed by atoms with Gasteiger partial charge in [0, 0.05) is 50.5 Å². The van der Waals surface area contributed by atoms with Gasteiger partial charge in [0.25, 0.3) is 5.91 Å². The SMILES string of the molecule is C=CCN(C(=O)c1ccc(-c2cnc(N3CCN(C(=O)OC(C)(C)C)CC3)c(C#N)c2)cc1Cl)C1CCS(=O)(=O)C1. The van der Waals surface area contributed by atoms with E-state index in [4.69, 9.17) is 16.3 Å². The number of benzene rings is 1. The Morgan fingerprint density at radius 3 is 2.49 bits per heavy atom. The highest BCUT2D eigenvalue weighted by atomic mass is 35.5. The van der Waals surface area contributed by atoms with Gasteiger partial charge in [-0.1, -0.05) is 23.7 Å². The molecule has 0 aliphatic carbocycles. The molecule has 2 aromatic rings. The first-order chi connectivity index (χ1) is 19.3. The average Bonchev–Trinajstić information content (AvgIpc) is 3.29. The van der Waals surface area contributed by atoms with E-state index >= 15 is 0 Å². The molecular weight excluding hydrogens is 566 g/mol. The minimum absolute atomic E-state index is 0.0505. The summed E-state index contributed by atoms with van der Waals surface area (Å²) in [5, 5.41) is 10.1. The Balaban J connectivity index is 1.50. The fourth-order valence-electron chi connectivity index (χ4n) is 4.96. The van der Waals surface area contributed by atoms with Gasteiger partial charge in [-0.05, 0) is 51.0 Å². The molecule has 1 atom stereocenters. The highest BCUT2D eigenvalue weighted by Gasteiger charge is 2.35. The third-order valence-electron chi connectivity index (χ3n) is 6.99. The Morgan fingerprint density at radius 1 is 1.22 bits per heavy atom. The second-order valence-corrected chi connectivity index (χ2v) is 13.8. The summed E-state index contributed by atoms with van der Waals surface area (Å²) in [6, 6.07) is 8.49. The minimum Gasteiger partial charge on any atom is -0.444 e. The van der Waals surface area contributed by atoms with Crippen LogP contribution in [0.25, 0.3) is 11.1 Å². The van der Waals surface area contributed by atoms with E-state index < -0.39 is 21.5 Å². The second kappa shape index (κ2) is 12.1. The number of carbonyl (C=O) groups is 2. The number of nitrogens with zero attached hydrogens (tertiary/aromatic N) is 5. The highest BCUT2D eigenvalue weighted by molar-refractivity contribution is 7.91. The van der Waals surface area contributed by atoms with Crippen LogP contribution in [0.2, 0.25) is 5.02 Å². The molecule has 2 fully saturated rings. The normalized spacial score (nSPS) is 18.5. The number of sulfone groups is 1. The van der Waals surface area contributed by atoms with Crippen LogP contribution < -0.4 is 4.90 Å². The molecule has 218 valence electrons. The summed E-state index contributed by atoms with van der Waals surface area (Å²) in [6.45, 7) is 11.3. The molecule has 3 heterocycles. The second-order valence-electron chi connectivity index (χ2n) is 11.2. The van der Waals surface area contributed by atoms with Crippen molar-refractivity contribution in [1.29, 1.82) is 5.26 Å². The number of ether oxygens (including phenoxy) is 1. The van der Waals surface area contributed by atoms with E-state index in [2.05, 4.69) is 17.6 Å². The zero-order chi connectivity index (χ0) is 29.9. The number of hydrogen-bond donors (Lipinski definition) is 0. The van der Waals surface area contributed by atoms with Crippen LogP contribution in [0.15, 0.2) is 43.1 Å². The number of aromatic nitrogens is 1. The summed E-state index contributed by atoms with van der Waals surface area (Å²) in [5.41, 5.74) is 1.40. The maximum absolute atomic E-state index is 13.4. The molecule has 0 spiro atoms. The Morgan fingerprint density at radius 2 is 1.93 bits per heavy atom. The lowest BCUT2D eigenvalue weighted by Crippen LogP contribution is -2.50. The van der Waals surface area contributed by atoms with Crippen molar-refractivity contribution in [3.8, 4) is 17.2 Å². The third-order valence-corrected chi connectivity index (χ3v) is 9.05. The van der Waals surface area contributed by atoms with E-state index in [1.807, 2.05) is 25.7 Å². The van der Waals surface area contributed by atoms with Crippen LogP contribution in [0.4, 0.5) is 10.6 Å². The first kappa shape index (κ1) is 30.3. The molecule has 2 aliphatic rings. The standard InChI is InChI=1S/C29H34ClN5O5S/c1-5-9-35(23-8-14-41(38,39)19-23)27(36)24-7-6-20(16-25(24)30)22-15-21(17-31)26(32-18-22)33-10-12-34(13-11-33)28(37)40-29(2,3)4/h5-7,15-16,18,23H,1,8-14,19H2,2-4H3. The molecule has 0 bridgehead atoms. The molecular formula is C29H34ClN5O5S. The van der Waals surface area contributed by atoms with Gasteiger partial charge in [0.15, 0.2) is 9.84 Å². The molecule has 4 rings (SSSR count). The van der Waals surface area contributed by atoms with Gasteiger partial charge in [-0.3, -0.25) is 4.79 Å². The summed E-state index contributed by atoms with van der Waals surface area (Å²) >= 11 is 6.56. The Labute approximate surface area is 246 Å². The molecule has 2 saturated heterocycles.